The number of halogens is 5. The second-order valence-electron chi connectivity index (χ2n) is 7.09. The van der Waals surface area contributed by atoms with Crippen LogP contribution in [-0.4, -0.2) is 65.3 Å². The van der Waals surface area contributed by atoms with Gasteiger partial charge in [-0.15, -0.1) is 15.3 Å². The van der Waals surface area contributed by atoms with Crippen LogP contribution in [0.5, 0.6) is 0 Å². The molecule has 0 aliphatic heterocycles. The zero-order chi connectivity index (χ0) is 25.1. The summed E-state index contributed by atoms with van der Waals surface area (Å²) in [6.45, 7) is 2.99. The first-order valence-electron chi connectivity index (χ1n) is 9.41. The molecule has 11 nitrogen and oxygen atoms in total. The molecular formula is C17H14F5N9O2S. The van der Waals surface area contributed by atoms with Gasteiger partial charge in [0.2, 0.25) is 0 Å². The maximum absolute atomic E-state index is 13.7. The van der Waals surface area contributed by atoms with Crippen molar-refractivity contribution in [2.24, 2.45) is 7.05 Å². The van der Waals surface area contributed by atoms with Crippen molar-refractivity contribution in [1.29, 1.82) is 0 Å². The molecule has 0 aromatic carbocycles. The molecule has 0 atom stereocenters. The molecule has 0 aliphatic rings. The Hall–Kier alpha value is -3.63. The van der Waals surface area contributed by atoms with Gasteiger partial charge < -0.3 is 4.57 Å². The van der Waals surface area contributed by atoms with Crippen molar-refractivity contribution in [2.75, 3.05) is 5.75 Å². The first-order chi connectivity index (χ1) is 15.8. The van der Waals surface area contributed by atoms with E-state index >= 15 is 0 Å². The molecule has 0 radical (unpaired) electrons. The summed E-state index contributed by atoms with van der Waals surface area (Å²) >= 11 is 0. The van der Waals surface area contributed by atoms with E-state index in [9.17, 15) is 30.4 Å². The van der Waals surface area contributed by atoms with Crippen molar-refractivity contribution in [2.45, 2.75) is 30.8 Å². The number of alkyl halides is 5. The summed E-state index contributed by atoms with van der Waals surface area (Å²) in [6, 6.07) is 1.71. The summed E-state index contributed by atoms with van der Waals surface area (Å²) in [7, 11) is -2.55. The molecule has 34 heavy (non-hydrogen) atoms. The Kier molecular flexibility index (Phi) is 5.34. The number of aryl methyl sites for hydroxylation is 2. The molecule has 0 saturated carbocycles. The van der Waals surface area contributed by atoms with Crippen molar-refractivity contribution < 1.29 is 30.4 Å². The first-order valence-corrected chi connectivity index (χ1v) is 11.1. The average Bonchev–Trinajstić information content (AvgIpc) is 3.35. The van der Waals surface area contributed by atoms with Crippen LogP contribution in [0.4, 0.5) is 22.0 Å². The second kappa shape index (κ2) is 7.71. The Morgan fingerprint density at radius 2 is 1.76 bits per heavy atom. The van der Waals surface area contributed by atoms with E-state index in [0.29, 0.717) is 11.9 Å². The number of sulfone groups is 1. The van der Waals surface area contributed by atoms with Gasteiger partial charge in [0.15, 0.2) is 27.1 Å². The van der Waals surface area contributed by atoms with E-state index in [1.807, 2.05) is 0 Å². The number of hydrogen-bond donors (Lipinski definition) is 0. The maximum Gasteiger partial charge on any atom is 0.459 e. The van der Waals surface area contributed by atoms with Crippen molar-refractivity contribution in [3.05, 3.63) is 29.8 Å². The number of aromatic nitrogens is 9. The maximum atomic E-state index is 13.7. The Bertz CT molecular complexity index is 1510. The molecule has 0 spiro atoms. The van der Waals surface area contributed by atoms with Gasteiger partial charge in [-0.05, 0) is 29.5 Å². The Morgan fingerprint density at radius 1 is 1.06 bits per heavy atom. The summed E-state index contributed by atoms with van der Waals surface area (Å²) in [4.78, 5) is 7.95. The molecule has 0 fully saturated rings. The normalized spacial score (nSPS) is 13.1. The van der Waals surface area contributed by atoms with Crippen molar-refractivity contribution >= 4 is 21.0 Å². The third kappa shape index (κ3) is 3.64. The molecule has 180 valence electrons. The standard InChI is InChI=1S/C17H14F5N9O2S/c1-4-34(32,33)11-5-9(31-8(2)25-28-29-31)7-23-13(11)15-24-10-6-12(16(18,19)17(20,21)22)26-27-14(10)30(15)3/h5-7H,4H2,1-3H3. The van der Waals surface area contributed by atoms with Gasteiger partial charge in [0.25, 0.3) is 0 Å². The number of rotatable bonds is 5. The van der Waals surface area contributed by atoms with E-state index in [1.165, 1.54) is 35.5 Å². The number of imidazole rings is 1. The SMILES string of the molecule is CCS(=O)(=O)c1cc(-n2nnnc2C)cnc1-c1nc2cc(C(F)(F)C(F)(F)F)nnc2n1C. The molecule has 0 amide bonds. The predicted molar refractivity (Wildman–Crippen MR) is 105 cm³/mol. The van der Waals surface area contributed by atoms with E-state index in [4.69, 9.17) is 0 Å². The predicted octanol–water partition coefficient (Wildman–Crippen LogP) is 2.16. The molecule has 0 bridgehead atoms. The fourth-order valence-electron chi connectivity index (χ4n) is 3.08. The lowest BCUT2D eigenvalue weighted by atomic mass is 10.2. The molecule has 0 aliphatic carbocycles. The Balaban J connectivity index is 1.93. The minimum atomic E-state index is -5.89. The largest absolute Gasteiger partial charge is 0.459 e. The lowest BCUT2D eigenvalue weighted by Crippen LogP contribution is -2.34. The number of hydrogen-bond acceptors (Lipinski definition) is 9. The summed E-state index contributed by atoms with van der Waals surface area (Å²) in [5.41, 5.74) is -2.09. The Morgan fingerprint density at radius 3 is 2.35 bits per heavy atom. The first kappa shape index (κ1) is 23.5. The zero-order valence-corrected chi connectivity index (χ0v) is 18.4. The zero-order valence-electron chi connectivity index (χ0n) is 17.6. The van der Waals surface area contributed by atoms with Gasteiger partial charge in [-0.3, -0.25) is 0 Å². The summed E-state index contributed by atoms with van der Waals surface area (Å²) in [6.07, 6.45) is -4.62. The van der Waals surface area contributed by atoms with Crippen LogP contribution in [0.2, 0.25) is 0 Å². The smallest absolute Gasteiger partial charge is 0.309 e. The Labute approximate surface area is 187 Å². The van der Waals surface area contributed by atoms with E-state index in [0.717, 1.165) is 0 Å². The van der Waals surface area contributed by atoms with Gasteiger partial charge in [0.1, 0.15) is 16.9 Å². The van der Waals surface area contributed by atoms with Crippen LogP contribution in [0.25, 0.3) is 28.4 Å². The van der Waals surface area contributed by atoms with Crippen LogP contribution in [0.1, 0.15) is 18.4 Å². The van der Waals surface area contributed by atoms with Gasteiger partial charge in [-0.25, -0.2) is 18.4 Å². The minimum absolute atomic E-state index is 0.135. The average molecular weight is 503 g/mol. The van der Waals surface area contributed by atoms with Crippen molar-refractivity contribution in [3.63, 3.8) is 0 Å². The van der Waals surface area contributed by atoms with Gasteiger partial charge in [-0.1, -0.05) is 6.92 Å². The van der Waals surface area contributed by atoms with Gasteiger partial charge >= 0.3 is 12.1 Å². The summed E-state index contributed by atoms with van der Waals surface area (Å²) < 4.78 is 93.8. The quantitative estimate of drug-likeness (QED) is 0.376. The van der Waals surface area contributed by atoms with Crippen LogP contribution < -0.4 is 0 Å². The molecular weight excluding hydrogens is 489 g/mol. The van der Waals surface area contributed by atoms with E-state index in [1.54, 1.807) is 6.92 Å². The molecule has 17 heteroatoms. The highest BCUT2D eigenvalue weighted by Gasteiger charge is 2.60. The lowest BCUT2D eigenvalue weighted by molar-refractivity contribution is -0.291. The van der Waals surface area contributed by atoms with Crippen LogP contribution in [0, 0.1) is 6.92 Å². The van der Waals surface area contributed by atoms with Gasteiger partial charge in [0, 0.05) is 7.05 Å². The van der Waals surface area contributed by atoms with E-state index in [-0.39, 0.29) is 39.0 Å². The topological polar surface area (TPSA) is 134 Å². The number of tetrazole rings is 1. The third-order valence-electron chi connectivity index (χ3n) is 4.93. The van der Waals surface area contributed by atoms with E-state index < -0.39 is 27.6 Å². The van der Waals surface area contributed by atoms with Crippen LogP contribution >= 0.6 is 0 Å². The highest BCUT2D eigenvalue weighted by atomic mass is 32.2. The molecule has 4 heterocycles. The molecule has 0 unspecified atom stereocenters. The molecule has 4 aromatic rings. The van der Waals surface area contributed by atoms with Crippen molar-refractivity contribution in [3.8, 4) is 17.2 Å². The molecule has 4 rings (SSSR count). The van der Waals surface area contributed by atoms with E-state index in [2.05, 4.69) is 35.7 Å². The lowest BCUT2D eigenvalue weighted by Gasteiger charge is -2.17. The van der Waals surface area contributed by atoms with Crippen LogP contribution in [-0.2, 0) is 22.8 Å². The van der Waals surface area contributed by atoms with Crippen LogP contribution in [0.15, 0.2) is 23.2 Å². The highest BCUT2D eigenvalue weighted by molar-refractivity contribution is 7.91. The number of fused-ring (bicyclic) bond motifs is 1. The van der Waals surface area contributed by atoms with Crippen LogP contribution in [0.3, 0.4) is 0 Å². The fourth-order valence-corrected chi connectivity index (χ4v) is 4.13. The summed E-state index contributed by atoms with van der Waals surface area (Å²) in [5, 5.41) is 17.4. The number of pyridine rings is 1. The second-order valence-corrected chi connectivity index (χ2v) is 9.33. The minimum Gasteiger partial charge on any atom is -0.309 e. The fraction of sp³-hybridized carbons (Fsp3) is 0.353. The molecule has 0 saturated heterocycles. The van der Waals surface area contributed by atoms with Gasteiger partial charge in [0.05, 0.1) is 22.5 Å². The van der Waals surface area contributed by atoms with Crippen molar-refractivity contribution in [1.82, 2.24) is 44.9 Å². The molecule has 0 N–H and O–H groups in total. The monoisotopic (exact) mass is 503 g/mol. The van der Waals surface area contributed by atoms with Gasteiger partial charge in [-0.2, -0.15) is 26.6 Å². The third-order valence-corrected chi connectivity index (χ3v) is 6.67. The summed E-state index contributed by atoms with van der Waals surface area (Å²) in [5.74, 6) is -5.35. The number of nitrogens with zero attached hydrogens (tertiary/aromatic N) is 9. The highest BCUT2D eigenvalue weighted by Crippen LogP contribution is 2.43. The molecule has 4 aromatic heterocycles.